The lowest BCUT2D eigenvalue weighted by Crippen LogP contribution is -2.32. The molecule has 0 aliphatic carbocycles. The SMILES string of the molecule is CCCCCCCCCCCCCCCCCC(=O)OC[C@H](COP(=O)(O)OCCNC(=O)OCCOCCOCCC(=O)ON1C(=O)CCC1=O)OC(=O)CCCCCCCCCCCCCCCCC. The van der Waals surface area contributed by atoms with E-state index < -0.39 is 63.0 Å². The Balaban J connectivity index is 2.32. The van der Waals surface area contributed by atoms with Crippen molar-refractivity contribution >= 4 is 43.6 Å². The number of amides is 3. The molecule has 0 aromatic carbocycles. The number of unbranched alkanes of at least 4 members (excludes halogenated alkanes) is 28. The van der Waals surface area contributed by atoms with E-state index >= 15 is 0 Å². The summed E-state index contributed by atoms with van der Waals surface area (Å²) in [6, 6.07) is 0. The Labute approximate surface area is 432 Å². The van der Waals surface area contributed by atoms with E-state index in [9.17, 15) is 38.2 Å². The van der Waals surface area contributed by atoms with Crippen LogP contribution in [-0.4, -0.2) is 111 Å². The van der Waals surface area contributed by atoms with Crippen LogP contribution in [0.15, 0.2) is 0 Å². The van der Waals surface area contributed by atoms with E-state index in [1.165, 1.54) is 141 Å². The molecule has 1 rings (SSSR count). The molecule has 2 N–H and O–H groups in total. The van der Waals surface area contributed by atoms with Crippen LogP contribution >= 0.6 is 7.82 Å². The van der Waals surface area contributed by atoms with Gasteiger partial charge in [-0.2, -0.15) is 0 Å². The highest BCUT2D eigenvalue weighted by Gasteiger charge is 2.32. The predicted octanol–water partition coefficient (Wildman–Crippen LogP) is 11.9. The summed E-state index contributed by atoms with van der Waals surface area (Å²) in [6.45, 7) is 3.15. The van der Waals surface area contributed by atoms with Gasteiger partial charge in [-0.1, -0.05) is 194 Å². The third-order valence-electron chi connectivity index (χ3n) is 12.2. The first-order valence-electron chi connectivity index (χ1n) is 28.1. The lowest BCUT2D eigenvalue weighted by Gasteiger charge is -2.20. The number of ether oxygens (including phenoxy) is 5. The average Bonchev–Trinajstić information content (AvgIpc) is 3.67. The van der Waals surface area contributed by atoms with Gasteiger partial charge in [0.15, 0.2) is 6.10 Å². The van der Waals surface area contributed by atoms with Crippen molar-refractivity contribution in [1.82, 2.24) is 10.4 Å². The molecule has 0 spiro atoms. The molecule has 1 heterocycles. The van der Waals surface area contributed by atoms with Crippen LogP contribution in [0.4, 0.5) is 4.79 Å². The summed E-state index contributed by atoms with van der Waals surface area (Å²) in [7, 11) is -4.67. The number of nitrogens with zero attached hydrogens (tertiary/aromatic N) is 1. The van der Waals surface area contributed by atoms with Crippen molar-refractivity contribution in [2.45, 2.75) is 245 Å². The number of hydroxylamine groups is 2. The van der Waals surface area contributed by atoms with Gasteiger partial charge in [-0.3, -0.25) is 28.2 Å². The number of nitrogens with one attached hydrogen (secondary N) is 1. The molecule has 1 aliphatic rings. The molecule has 0 saturated carbocycles. The molecule has 1 unspecified atom stereocenters. The molecule has 72 heavy (non-hydrogen) atoms. The van der Waals surface area contributed by atoms with Crippen LogP contribution in [0.5, 0.6) is 0 Å². The fraction of sp³-hybridized carbons (Fsp3) is 0.887. The van der Waals surface area contributed by atoms with Crippen LogP contribution in [-0.2, 0) is 66.1 Å². The van der Waals surface area contributed by atoms with E-state index in [-0.39, 0.29) is 78.3 Å². The summed E-state index contributed by atoms with van der Waals surface area (Å²) < 4.78 is 49.3. The second-order valence-corrected chi connectivity index (χ2v) is 20.3. The maximum atomic E-state index is 12.8. The highest BCUT2D eigenvalue weighted by molar-refractivity contribution is 7.47. The largest absolute Gasteiger partial charge is 0.472 e. The average molecular weight is 1050 g/mol. The number of phosphoric acid groups is 1. The van der Waals surface area contributed by atoms with Crippen LogP contribution in [0.1, 0.15) is 239 Å². The summed E-state index contributed by atoms with van der Waals surface area (Å²) >= 11 is 0. The fourth-order valence-electron chi connectivity index (χ4n) is 7.96. The highest BCUT2D eigenvalue weighted by Crippen LogP contribution is 2.43. The second kappa shape index (κ2) is 47.6. The van der Waals surface area contributed by atoms with Gasteiger partial charge in [0.25, 0.3) is 11.8 Å². The third kappa shape index (κ3) is 42.2. The molecule has 0 aromatic rings. The van der Waals surface area contributed by atoms with Crippen molar-refractivity contribution in [2.75, 3.05) is 59.4 Å². The van der Waals surface area contributed by atoms with Crippen molar-refractivity contribution in [1.29, 1.82) is 0 Å². The van der Waals surface area contributed by atoms with Gasteiger partial charge < -0.3 is 38.7 Å². The predicted molar refractivity (Wildman–Crippen MR) is 274 cm³/mol. The van der Waals surface area contributed by atoms with Crippen molar-refractivity contribution in [3.63, 3.8) is 0 Å². The number of carbonyl (C=O) groups excluding carboxylic acids is 6. The van der Waals surface area contributed by atoms with Crippen molar-refractivity contribution in [3.05, 3.63) is 0 Å². The Hall–Kier alpha value is -3.15. The molecule has 2 atom stereocenters. The Kier molecular flexibility index (Phi) is 44.2. The summed E-state index contributed by atoms with van der Waals surface area (Å²) in [5.41, 5.74) is 0. The smallest absolute Gasteiger partial charge is 0.462 e. The number of phosphoric ester groups is 1. The number of alkyl carbamates (subject to hydrolysis) is 1. The minimum absolute atomic E-state index is 0.00672. The molecule has 0 aromatic heterocycles. The zero-order valence-electron chi connectivity index (χ0n) is 44.7. The molecule has 0 radical (unpaired) electrons. The molecule has 19 heteroatoms. The van der Waals surface area contributed by atoms with Gasteiger partial charge in [0.2, 0.25) is 0 Å². The van der Waals surface area contributed by atoms with Crippen molar-refractivity contribution in [2.24, 2.45) is 0 Å². The lowest BCUT2D eigenvalue weighted by molar-refractivity contribution is -0.198. The van der Waals surface area contributed by atoms with E-state index in [2.05, 4.69) is 19.2 Å². The topological polar surface area (TPSA) is 229 Å². The minimum Gasteiger partial charge on any atom is -0.462 e. The van der Waals surface area contributed by atoms with Gasteiger partial charge in [-0.15, -0.1) is 5.06 Å². The lowest BCUT2D eigenvalue weighted by atomic mass is 10.0. The van der Waals surface area contributed by atoms with Gasteiger partial charge >= 0.3 is 31.8 Å². The third-order valence-corrected chi connectivity index (χ3v) is 13.2. The standard InChI is InChI=1S/C53H97N2O16P/c1-3-5-7-9-11-13-15-17-19-21-23-25-27-29-31-33-50(58)67-45-47(70-51(59)34-32-30-28-26-24-22-20-18-16-14-12-10-8-6-4-2)46-69-72(62,63)68-40-38-54-53(61)66-44-43-65-42-41-64-39-37-52(60)71-55-48(56)35-36-49(55)57/h47H,3-46H2,1-2H3,(H,54,61)(H,62,63)/t47-/m1/s1. The Morgan fingerprint density at radius 3 is 1.39 bits per heavy atom. The molecular weight excluding hydrogens is 952 g/mol. The van der Waals surface area contributed by atoms with Gasteiger partial charge in [-0.05, 0) is 12.8 Å². The van der Waals surface area contributed by atoms with Crippen LogP contribution in [0, 0.1) is 0 Å². The van der Waals surface area contributed by atoms with E-state index in [4.69, 9.17) is 37.6 Å². The van der Waals surface area contributed by atoms with Gasteiger partial charge in [0.05, 0.1) is 46.1 Å². The molecular formula is C53H97N2O16P. The Bertz CT molecular complexity index is 1440. The van der Waals surface area contributed by atoms with E-state index in [1.54, 1.807) is 0 Å². The number of hydrogen-bond donors (Lipinski definition) is 2. The van der Waals surface area contributed by atoms with Gasteiger partial charge in [-0.25, -0.2) is 14.2 Å². The number of rotatable bonds is 52. The molecule has 1 fully saturated rings. The first-order valence-corrected chi connectivity index (χ1v) is 29.6. The summed E-state index contributed by atoms with van der Waals surface area (Å²) in [4.78, 5) is 87.3. The first kappa shape index (κ1) is 66.9. The van der Waals surface area contributed by atoms with E-state index in [0.29, 0.717) is 17.9 Å². The Morgan fingerprint density at radius 1 is 0.500 bits per heavy atom. The molecule has 1 saturated heterocycles. The first-order chi connectivity index (χ1) is 35.0. The summed E-state index contributed by atoms with van der Waals surface area (Å²) in [5.74, 6) is -2.86. The van der Waals surface area contributed by atoms with Crippen molar-refractivity contribution < 1.29 is 75.8 Å². The molecule has 18 nitrogen and oxygen atoms in total. The van der Waals surface area contributed by atoms with Gasteiger partial charge in [0.1, 0.15) is 13.2 Å². The summed E-state index contributed by atoms with van der Waals surface area (Å²) in [6.07, 6.45) is 34.5. The van der Waals surface area contributed by atoms with Gasteiger partial charge in [0, 0.05) is 32.2 Å². The monoisotopic (exact) mass is 1050 g/mol. The zero-order chi connectivity index (χ0) is 52.6. The maximum Gasteiger partial charge on any atom is 0.472 e. The van der Waals surface area contributed by atoms with Crippen LogP contribution in [0.3, 0.4) is 0 Å². The molecule has 3 amide bonds. The maximum absolute atomic E-state index is 12.8. The molecule has 0 bridgehead atoms. The minimum atomic E-state index is -4.67. The van der Waals surface area contributed by atoms with Crippen molar-refractivity contribution in [3.8, 4) is 0 Å². The van der Waals surface area contributed by atoms with Crippen LogP contribution < -0.4 is 5.32 Å². The van der Waals surface area contributed by atoms with Crippen LogP contribution in [0.25, 0.3) is 0 Å². The normalized spacial score (nSPS) is 13.8. The summed E-state index contributed by atoms with van der Waals surface area (Å²) in [5, 5.41) is 2.84. The quantitative estimate of drug-likeness (QED) is 0.0190. The van der Waals surface area contributed by atoms with E-state index in [1.807, 2.05) is 0 Å². The number of esters is 2. The molecule has 1 aliphatic heterocycles. The highest BCUT2D eigenvalue weighted by atomic mass is 31.2. The second-order valence-electron chi connectivity index (χ2n) is 18.9. The molecule has 420 valence electrons. The number of imide groups is 1. The zero-order valence-corrected chi connectivity index (χ0v) is 45.5. The number of carbonyl (C=O) groups is 6. The Morgan fingerprint density at radius 2 is 0.917 bits per heavy atom. The number of hydrogen-bond acceptors (Lipinski definition) is 15. The van der Waals surface area contributed by atoms with E-state index in [0.717, 1.165) is 38.5 Å². The van der Waals surface area contributed by atoms with Crippen LogP contribution in [0.2, 0.25) is 0 Å². The fourth-order valence-corrected chi connectivity index (χ4v) is 8.71.